The molecule has 1 amide bonds. The lowest BCUT2D eigenvalue weighted by molar-refractivity contribution is -0.116. The molecule has 24 heavy (non-hydrogen) atoms. The quantitative estimate of drug-likeness (QED) is 0.759. The zero-order chi connectivity index (χ0) is 16.9. The minimum absolute atomic E-state index is 0.0906. The van der Waals surface area contributed by atoms with Crippen molar-refractivity contribution in [3.05, 3.63) is 65.4 Å². The van der Waals surface area contributed by atoms with Crippen LogP contribution in [0.3, 0.4) is 0 Å². The van der Waals surface area contributed by atoms with Crippen LogP contribution >= 0.6 is 11.3 Å². The maximum Gasteiger partial charge on any atom is 0.224 e. The third-order valence-electron chi connectivity index (χ3n) is 3.31. The van der Waals surface area contributed by atoms with E-state index in [4.69, 9.17) is 0 Å². The lowest BCUT2D eigenvalue weighted by Gasteiger charge is -2.06. The van der Waals surface area contributed by atoms with E-state index < -0.39 is 23.2 Å². The first kappa shape index (κ1) is 16.2. The number of nitrogens with zero attached hydrogens (tertiary/aromatic N) is 2. The Labute approximate surface area is 141 Å². The molecule has 2 heterocycles. The van der Waals surface area contributed by atoms with Crippen molar-refractivity contribution in [3.8, 4) is 10.6 Å². The van der Waals surface area contributed by atoms with Crippen LogP contribution in [0.4, 0.5) is 14.5 Å². The van der Waals surface area contributed by atoms with Gasteiger partial charge in [-0.25, -0.2) is 13.8 Å². The van der Waals surface area contributed by atoms with Crippen molar-refractivity contribution in [2.75, 3.05) is 5.32 Å². The van der Waals surface area contributed by atoms with Crippen molar-refractivity contribution in [1.82, 2.24) is 9.97 Å². The number of aryl methyl sites for hydroxylation is 1. The van der Waals surface area contributed by atoms with E-state index in [1.54, 1.807) is 12.4 Å². The van der Waals surface area contributed by atoms with Gasteiger partial charge in [0.05, 0.1) is 5.69 Å². The summed E-state index contributed by atoms with van der Waals surface area (Å²) in [5, 5.41) is 4.97. The number of benzene rings is 1. The molecule has 0 saturated heterocycles. The molecule has 3 aromatic rings. The van der Waals surface area contributed by atoms with Crippen molar-refractivity contribution in [1.29, 1.82) is 0 Å². The van der Waals surface area contributed by atoms with E-state index >= 15 is 0 Å². The summed E-state index contributed by atoms with van der Waals surface area (Å²) in [6, 6.07) is 7.16. The molecule has 0 saturated carbocycles. The van der Waals surface area contributed by atoms with E-state index in [1.807, 2.05) is 17.5 Å². The number of carbonyl (C=O) groups is 1. The highest BCUT2D eigenvalue weighted by Crippen LogP contribution is 2.23. The highest BCUT2D eigenvalue weighted by Gasteiger charge is 2.12. The minimum Gasteiger partial charge on any atom is -0.321 e. The minimum atomic E-state index is -0.794. The van der Waals surface area contributed by atoms with Crippen LogP contribution in [-0.4, -0.2) is 15.9 Å². The molecular formula is C17H13F2N3OS. The molecule has 3 rings (SSSR count). The van der Waals surface area contributed by atoms with E-state index in [2.05, 4.69) is 15.3 Å². The molecule has 0 radical (unpaired) electrons. The first-order valence-corrected chi connectivity index (χ1v) is 8.10. The van der Waals surface area contributed by atoms with Crippen LogP contribution in [0.25, 0.3) is 10.6 Å². The van der Waals surface area contributed by atoms with E-state index in [9.17, 15) is 13.6 Å². The summed E-state index contributed by atoms with van der Waals surface area (Å²) >= 11 is 1.47. The smallest absolute Gasteiger partial charge is 0.224 e. The van der Waals surface area contributed by atoms with E-state index in [0.717, 1.165) is 28.4 Å². The van der Waals surface area contributed by atoms with Crippen molar-refractivity contribution in [2.45, 2.75) is 12.8 Å². The predicted octanol–water partition coefficient (Wildman–Crippen LogP) is 4.05. The first-order valence-electron chi connectivity index (χ1n) is 7.22. The number of hydrogen-bond acceptors (Lipinski definition) is 4. The van der Waals surface area contributed by atoms with Crippen molar-refractivity contribution in [2.24, 2.45) is 0 Å². The second-order valence-corrected chi connectivity index (χ2v) is 5.88. The Balaban J connectivity index is 1.60. The molecule has 1 aromatic carbocycles. The lowest BCUT2D eigenvalue weighted by Crippen LogP contribution is -2.14. The highest BCUT2D eigenvalue weighted by molar-refractivity contribution is 7.13. The summed E-state index contributed by atoms with van der Waals surface area (Å²) in [7, 11) is 0. The molecule has 0 aliphatic carbocycles. The summed E-state index contributed by atoms with van der Waals surface area (Å²) in [4.78, 5) is 20.3. The number of nitrogens with one attached hydrogen (secondary N) is 1. The second kappa shape index (κ2) is 7.27. The van der Waals surface area contributed by atoms with E-state index in [0.29, 0.717) is 6.42 Å². The zero-order valence-corrected chi connectivity index (χ0v) is 13.3. The second-order valence-electron chi connectivity index (χ2n) is 5.02. The molecule has 0 unspecified atom stereocenters. The molecular weight excluding hydrogens is 332 g/mol. The molecule has 1 N–H and O–H groups in total. The summed E-state index contributed by atoms with van der Waals surface area (Å²) in [6.07, 6.45) is 3.86. The molecule has 0 aliphatic heterocycles. The third-order valence-corrected chi connectivity index (χ3v) is 4.25. The largest absolute Gasteiger partial charge is 0.321 e. The van der Waals surface area contributed by atoms with Crippen molar-refractivity contribution in [3.63, 3.8) is 0 Å². The molecule has 0 spiro atoms. The highest BCUT2D eigenvalue weighted by atomic mass is 32.1. The van der Waals surface area contributed by atoms with Gasteiger partial charge in [-0.05, 0) is 30.7 Å². The van der Waals surface area contributed by atoms with Crippen LogP contribution in [0.1, 0.15) is 12.1 Å². The SMILES string of the molecule is O=C(CCc1csc(-c2ccncc2)n1)Nc1c(F)cccc1F. The first-order chi connectivity index (χ1) is 11.6. The summed E-state index contributed by atoms with van der Waals surface area (Å²) in [5.74, 6) is -2.05. The Morgan fingerprint density at radius 3 is 2.54 bits per heavy atom. The number of hydrogen-bond donors (Lipinski definition) is 1. The van der Waals surface area contributed by atoms with Gasteiger partial charge < -0.3 is 5.32 Å². The zero-order valence-electron chi connectivity index (χ0n) is 12.5. The maximum atomic E-state index is 13.5. The molecule has 4 nitrogen and oxygen atoms in total. The fourth-order valence-electron chi connectivity index (χ4n) is 2.11. The normalized spacial score (nSPS) is 10.6. The van der Waals surface area contributed by atoms with Gasteiger partial charge in [-0.15, -0.1) is 11.3 Å². The Morgan fingerprint density at radius 2 is 1.83 bits per heavy atom. The van der Waals surface area contributed by atoms with E-state index in [-0.39, 0.29) is 6.42 Å². The molecule has 7 heteroatoms. The van der Waals surface area contributed by atoms with Crippen LogP contribution in [0.15, 0.2) is 48.1 Å². The Kier molecular flexibility index (Phi) is 4.90. The van der Waals surface area contributed by atoms with Gasteiger partial charge in [-0.1, -0.05) is 6.07 Å². The number of amides is 1. The third kappa shape index (κ3) is 3.80. The topological polar surface area (TPSA) is 54.9 Å². The monoisotopic (exact) mass is 345 g/mol. The van der Waals surface area contributed by atoms with Gasteiger partial charge in [0, 0.05) is 29.8 Å². The number of aromatic nitrogens is 2. The van der Waals surface area contributed by atoms with Crippen LogP contribution < -0.4 is 5.32 Å². The number of thiazole rings is 1. The van der Waals surface area contributed by atoms with Gasteiger partial charge >= 0.3 is 0 Å². The molecule has 0 atom stereocenters. The summed E-state index contributed by atoms with van der Waals surface area (Å²) in [6.45, 7) is 0. The van der Waals surface area contributed by atoms with Gasteiger partial charge in [-0.3, -0.25) is 9.78 Å². The number of para-hydroxylation sites is 1. The molecule has 122 valence electrons. The Hall–Kier alpha value is -2.67. The van der Waals surface area contributed by atoms with Crippen LogP contribution in [-0.2, 0) is 11.2 Å². The Bertz CT molecular complexity index is 832. The molecule has 0 fully saturated rings. The fourth-order valence-corrected chi connectivity index (χ4v) is 2.97. The lowest BCUT2D eigenvalue weighted by atomic mass is 10.2. The Morgan fingerprint density at radius 1 is 1.12 bits per heavy atom. The van der Waals surface area contributed by atoms with E-state index in [1.165, 1.54) is 17.4 Å². The van der Waals surface area contributed by atoms with Crippen LogP contribution in [0.5, 0.6) is 0 Å². The molecule has 2 aromatic heterocycles. The summed E-state index contributed by atoms with van der Waals surface area (Å²) < 4.78 is 27.0. The number of pyridine rings is 1. The van der Waals surface area contributed by atoms with Gasteiger partial charge in [0.15, 0.2) is 0 Å². The van der Waals surface area contributed by atoms with Gasteiger partial charge in [0.2, 0.25) is 5.91 Å². The standard InChI is InChI=1S/C17H13F2N3OS/c18-13-2-1-3-14(19)16(13)22-15(23)5-4-12-10-24-17(21-12)11-6-8-20-9-7-11/h1-3,6-10H,4-5H2,(H,22,23). The van der Waals surface area contributed by atoms with Crippen molar-refractivity contribution >= 4 is 22.9 Å². The fraction of sp³-hybridized carbons (Fsp3) is 0.118. The van der Waals surface area contributed by atoms with Gasteiger partial charge in [-0.2, -0.15) is 0 Å². The summed E-state index contributed by atoms with van der Waals surface area (Å²) in [5.41, 5.74) is 1.30. The molecule has 0 bridgehead atoms. The van der Waals surface area contributed by atoms with Gasteiger partial charge in [0.25, 0.3) is 0 Å². The average Bonchev–Trinajstić information content (AvgIpc) is 3.06. The maximum absolute atomic E-state index is 13.5. The van der Waals surface area contributed by atoms with Gasteiger partial charge in [0.1, 0.15) is 22.3 Å². The van der Waals surface area contributed by atoms with Crippen molar-refractivity contribution < 1.29 is 13.6 Å². The number of carbonyl (C=O) groups excluding carboxylic acids is 1. The number of halogens is 2. The van der Waals surface area contributed by atoms with Crippen LogP contribution in [0, 0.1) is 11.6 Å². The van der Waals surface area contributed by atoms with Crippen LogP contribution in [0.2, 0.25) is 0 Å². The number of anilines is 1. The number of rotatable bonds is 5. The average molecular weight is 345 g/mol. The molecule has 0 aliphatic rings. The predicted molar refractivity (Wildman–Crippen MR) is 88.7 cm³/mol.